The third kappa shape index (κ3) is 5.85. The number of imide groups is 1. The Balaban J connectivity index is 2.29. The topological polar surface area (TPSA) is 84.7 Å². The molecular formula is C20H30FN3O3S. The lowest BCUT2D eigenvalue weighted by molar-refractivity contribution is -0.130. The zero-order chi connectivity index (χ0) is 21.3. The van der Waals surface area contributed by atoms with Gasteiger partial charge >= 0.3 is 6.09 Å². The molecule has 0 radical (unpaired) electrons. The van der Waals surface area contributed by atoms with Crippen molar-refractivity contribution in [1.29, 1.82) is 0 Å². The Bertz CT molecular complexity index is 743. The predicted molar refractivity (Wildman–Crippen MR) is 110 cm³/mol. The zero-order valence-corrected chi connectivity index (χ0v) is 18.2. The summed E-state index contributed by atoms with van der Waals surface area (Å²) in [4.78, 5) is 26.5. The Kier molecular flexibility index (Phi) is 6.66. The van der Waals surface area contributed by atoms with E-state index in [0.29, 0.717) is 17.7 Å². The van der Waals surface area contributed by atoms with Gasteiger partial charge in [0.25, 0.3) is 0 Å². The molecule has 2 amide bonds. The van der Waals surface area contributed by atoms with Crippen LogP contribution < -0.4 is 10.5 Å². The van der Waals surface area contributed by atoms with E-state index in [1.807, 2.05) is 20.8 Å². The van der Waals surface area contributed by atoms with Crippen LogP contribution in [0.3, 0.4) is 0 Å². The molecule has 1 aromatic rings. The summed E-state index contributed by atoms with van der Waals surface area (Å²) >= 11 is 1.42. The molecule has 0 saturated carbocycles. The van der Waals surface area contributed by atoms with E-state index < -0.39 is 29.5 Å². The highest BCUT2D eigenvalue weighted by Gasteiger charge is 2.43. The number of nitrogens with one attached hydrogen (secondary N) is 1. The number of hydrogen-bond donors (Lipinski definition) is 2. The molecule has 2 atom stereocenters. The summed E-state index contributed by atoms with van der Waals surface area (Å²) in [6.45, 7) is 11.5. The first-order valence-electron chi connectivity index (χ1n) is 9.31. The average molecular weight is 412 g/mol. The van der Waals surface area contributed by atoms with Gasteiger partial charge in [0.1, 0.15) is 11.4 Å². The van der Waals surface area contributed by atoms with Gasteiger partial charge in [-0.2, -0.15) is 0 Å². The second kappa shape index (κ2) is 8.29. The van der Waals surface area contributed by atoms with E-state index >= 15 is 0 Å². The molecule has 1 aliphatic rings. The quantitative estimate of drug-likeness (QED) is 0.569. The maximum atomic E-state index is 14.6. The van der Waals surface area contributed by atoms with Crippen LogP contribution in [0.4, 0.5) is 14.9 Å². The summed E-state index contributed by atoms with van der Waals surface area (Å²) in [6.07, 6.45) is -0.260. The van der Waals surface area contributed by atoms with Crippen LogP contribution in [-0.2, 0) is 9.53 Å². The summed E-state index contributed by atoms with van der Waals surface area (Å²) in [6, 6.07) is 3.70. The summed E-state index contributed by atoms with van der Waals surface area (Å²) < 4.78 is 23.0. The Morgan fingerprint density at radius 1 is 1.32 bits per heavy atom. The first-order valence-corrected chi connectivity index (χ1v) is 10.1. The van der Waals surface area contributed by atoms with Crippen LogP contribution in [0.25, 0.3) is 0 Å². The largest absolute Gasteiger partial charge is 0.443 e. The number of halogens is 1. The molecule has 0 spiro atoms. The Morgan fingerprint density at radius 3 is 2.54 bits per heavy atom. The monoisotopic (exact) mass is 411 g/mol. The van der Waals surface area contributed by atoms with Crippen LogP contribution in [0.2, 0.25) is 0 Å². The molecule has 3 N–H and O–H groups in total. The number of carbonyl (C=O) groups excluding carboxylic acids is 2. The highest BCUT2D eigenvalue weighted by Crippen LogP contribution is 2.37. The van der Waals surface area contributed by atoms with Crippen molar-refractivity contribution in [3.63, 3.8) is 0 Å². The number of amides is 2. The van der Waals surface area contributed by atoms with E-state index in [1.165, 1.54) is 24.1 Å². The van der Waals surface area contributed by atoms with Crippen LogP contribution in [0.5, 0.6) is 0 Å². The Hall–Kier alpha value is -1.80. The lowest BCUT2D eigenvalue weighted by Crippen LogP contribution is -2.40. The molecule has 2 unspecified atom stereocenters. The maximum Gasteiger partial charge on any atom is 0.417 e. The number of nitrogens with zero attached hydrogens (tertiary/aromatic N) is 1. The average Bonchev–Trinajstić information content (AvgIpc) is 2.90. The fraction of sp³-hybridized carbons (Fsp3) is 0.600. The van der Waals surface area contributed by atoms with Crippen molar-refractivity contribution >= 4 is 29.6 Å². The molecule has 0 aliphatic carbocycles. The fourth-order valence-corrected chi connectivity index (χ4v) is 3.68. The van der Waals surface area contributed by atoms with E-state index in [-0.39, 0.29) is 17.2 Å². The summed E-state index contributed by atoms with van der Waals surface area (Å²) in [5.74, 6) is -1.41. The highest BCUT2D eigenvalue weighted by molar-refractivity contribution is 7.98. The molecule has 1 fully saturated rings. The lowest BCUT2D eigenvalue weighted by Gasteiger charge is -2.28. The van der Waals surface area contributed by atoms with Crippen molar-refractivity contribution in [3.05, 3.63) is 29.6 Å². The van der Waals surface area contributed by atoms with Gasteiger partial charge in [-0.05, 0) is 66.2 Å². The number of nitrogens with two attached hydrogens (primary N) is 1. The molecular weight excluding hydrogens is 381 g/mol. The summed E-state index contributed by atoms with van der Waals surface area (Å²) in [5, 5.41) is 0. The number of nitrogen functional groups attached to an aromatic ring is 1. The molecule has 1 heterocycles. The number of benzene rings is 1. The van der Waals surface area contributed by atoms with Crippen molar-refractivity contribution in [1.82, 2.24) is 9.62 Å². The van der Waals surface area contributed by atoms with Crippen LogP contribution in [0, 0.1) is 11.7 Å². The molecule has 1 saturated heterocycles. The van der Waals surface area contributed by atoms with Gasteiger partial charge in [0.05, 0.1) is 12.0 Å². The standard InChI is InChI=1S/C20H30FN3O3S/c1-19(2,3)27-18(26)24-10-9-13(17(24)25)16(23-28-20(4,5)6)14-11-12(22)7-8-15(14)21/h7-8,11,13,16,23H,9-10,22H2,1-6H3. The van der Waals surface area contributed by atoms with Gasteiger partial charge < -0.3 is 10.5 Å². The van der Waals surface area contributed by atoms with E-state index in [4.69, 9.17) is 10.5 Å². The minimum absolute atomic E-state index is 0.151. The minimum Gasteiger partial charge on any atom is -0.443 e. The van der Waals surface area contributed by atoms with Crippen molar-refractivity contribution in [2.45, 2.75) is 64.4 Å². The van der Waals surface area contributed by atoms with E-state index in [1.54, 1.807) is 26.8 Å². The smallest absolute Gasteiger partial charge is 0.417 e. The van der Waals surface area contributed by atoms with Crippen molar-refractivity contribution < 1.29 is 18.7 Å². The number of rotatable bonds is 4. The van der Waals surface area contributed by atoms with Gasteiger partial charge in [0.15, 0.2) is 0 Å². The molecule has 6 nitrogen and oxygen atoms in total. The summed E-state index contributed by atoms with van der Waals surface area (Å²) in [7, 11) is 0. The Morgan fingerprint density at radius 2 is 1.96 bits per heavy atom. The van der Waals surface area contributed by atoms with Crippen LogP contribution >= 0.6 is 11.9 Å². The molecule has 2 rings (SSSR count). The van der Waals surface area contributed by atoms with E-state index in [9.17, 15) is 14.0 Å². The number of hydrogen-bond acceptors (Lipinski definition) is 6. The third-order valence-corrected chi connectivity index (χ3v) is 5.09. The number of anilines is 1. The van der Waals surface area contributed by atoms with Crippen LogP contribution in [0.1, 0.15) is 59.6 Å². The number of likely N-dealkylation sites (tertiary alicyclic amines) is 1. The predicted octanol–water partition coefficient (Wildman–Crippen LogP) is 4.27. The van der Waals surface area contributed by atoms with Gasteiger partial charge in [-0.1, -0.05) is 11.9 Å². The van der Waals surface area contributed by atoms with Gasteiger partial charge in [-0.25, -0.2) is 14.1 Å². The van der Waals surface area contributed by atoms with E-state index in [2.05, 4.69) is 4.72 Å². The Labute approximate surface area is 170 Å². The molecule has 28 heavy (non-hydrogen) atoms. The molecule has 1 aromatic carbocycles. The molecule has 1 aliphatic heterocycles. The van der Waals surface area contributed by atoms with Crippen LogP contribution in [0.15, 0.2) is 18.2 Å². The second-order valence-corrected chi connectivity index (χ2v) is 10.6. The molecule has 0 aromatic heterocycles. The van der Waals surface area contributed by atoms with Gasteiger partial charge in [0, 0.05) is 22.5 Å². The van der Waals surface area contributed by atoms with Crippen LogP contribution in [-0.4, -0.2) is 33.8 Å². The lowest BCUT2D eigenvalue weighted by atomic mass is 9.92. The van der Waals surface area contributed by atoms with Crippen molar-refractivity contribution in [2.24, 2.45) is 5.92 Å². The normalized spacial score (nSPS) is 19.0. The number of ether oxygens (including phenoxy) is 1. The van der Waals surface area contributed by atoms with Gasteiger partial charge in [-0.3, -0.25) is 9.52 Å². The van der Waals surface area contributed by atoms with Gasteiger partial charge in [-0.15, -0.1) is 0 Å². The third-order valence-electron chi connectivity index (χ3n) is 4.11. The SMILES string of the molecule is CC(C)(C)OC(=O)N1CCC(C(NSC(C)(C)C)c2cc(N)ccc2F)C1=O. The molecule has 0 bridgehead atoms. The highest BCUT2D eigenvalue weighted by atomic mass is 32.2. The first-order chi connectivity index (χ1) is 12.8. The second-order valence-electron chi connectivity index (χ2n) is 8.96. The molecule has 156 valence electrons. The fourth-order valence-electron chi connectivity index (χ4n) is 2.91. The molecule has 8 heteroatoms. The first kappa shape index (κ1) is 22.5. The van der Waals surface area contributed by atoms with Gasteiger partial charge in [0.2, 0.25) is 5.91 Å². The maximum absolute atomic E-state index is 14.6. The van der Waals surface area contributed by atoms with Crippen molar-refractivity contribution in [3.8, 4) is 0 Å². The van der Waals surface area contributed by atoms with Crippen molar-refractivity contribution in [2.75, 3.05) is 12.3 Å². The summed E-state index contributed by atoms with van der Waals surface area (Å²) in [5.41, 5.74) is 5.89. The minimum atomic E-state index is -0.699. The number of carbonyl (C=O) groups is 2. The van der Waals surface area contributed by atoms with E-state index in [0.717, 1.165) is 4.90 Å². The zero-order valence-electron chi connectivity index (χ0n) is 17.3.